The van der Waals surface area contributed by atoms with Crippen molar-refractivity contribution in [3.8, 4) is 0 Å². The van der Waals surface area contributed by atoms with E-state index in [2.05, 4.69) is 0 Å². The van der Waals surface area contributed by atoms with E-state index in [-0.39, 0.29) is 18.6 Å². The van der Waals surface area contributed by atoms with E-state index in [1.165, 1.54) is 0 Å². The molecule has 0 saturated heterocycles. The largest absolute Gasteiger partial charge is 0.479 e. The van der Waals surface area contributed by atoms with Gasteiger partial charge in [0.05, 0.1) is 6.54 Å². The molecule has 0 aromatic rings. The summed E-state index contributed by atoms with van der Waals surface area (Å²) in [5.41, 5.74) is 0. The Hall–Kier alpha value is -1.26. The van der Waals surface area contributed by atoms with Crippen molar-refractivity contribution in [2.24, 2.45) is 0 Å². The molecule has 0 bridgehead atoms. The van der Waals surface area contributed by atoms with Crippen LogP contribution in [0.1, 0.15) is 27.7 Å². The maximum atomic E-state index is 11.7. The number of nitrogens with zero attached hydrogens (tertiary/aromatic N) is 1. The Morgan fingerprint density at radius 1 is 0.957 bits per heavy atom. The number of carbonyl (C=O) groups is 2. The van der Waals surface area contributed by atoms with E-state index in [4.69, 9.17) is 14.9 Å². The molecule has 0 rings (SSSR count). The van der Waals surface area contributed by atoms with Crippen molar-refractivity contribution >= 4 is 11.9 Å². The highest BCUT2D eigenvalue weighted by atomic mass is 16.5. The minimum absolute atomic E-state index is 0.0154. The Morgan fingerprint density at radius 2 is 1.43 bits per heavy atom. The van der Waals surface area contributed by atoms with Gasteiger partial charge in [-0.05, 0) is 27.7 Å². The number of hydrogen-bond acceptors (Lipinski definition) is 8. The first kappa shape index (κ1) is 21.7. The lowest BCUT2D eigenvalue weighted by Crippen LogP contribution is -2.49. The van der Waals surface area contributed by atoms with E-state index in [9.17, 15) is 24.9 Å². The summed E-state index contributed by atoms with van der Waals surface area (Å²) in [5.74, 6) is -2.38. The number of carboxylic acids is 1. The molecule has 0 aromatic carbocycles. The summed E-state index contributed by atoms with van der Waals surface area (Å²) >= 11 is 0. The SMILES string of the molecule is CC(C)N(CC(=O)OC[C@H](O)[C@H](O)[C@H](O)[C@H](O)C(=O)O)C(C)C. The van der Waals surface area contributed by atoms with Crippen LogP contribution >= 0.6 is 0 Å². The van der Waals surface area contributed by atoms with Crippen molar-refractivity contribution in [2.45, 2.75) is 64.2 Å². The molecular weight excluding hydrogens is 310 g/mol. The molecule has 9 heteroatoms. The van der Waals surface area contributed by atoms with Gasteiger partial charge in [-0.3, -0.25) is 9.69 Å². The summed E-state index contributed by atoms with van der Waals surface area (Å²) in [6, 6.07) is 0.205. The molecule has 0 fully saturated rings. The standard InChI is InChI=1S/C14H27NO8/c1-7(2)15(8(3)4)5-10(17)23-6-9(16)11(18)12(19)13(20)14(21)22/h7-9,11-13,16,18-20H,5-6H2,1-4H3,(H,21,22)/t9-,11-,12-,13-/m0/s1. The Morgan fingerprint density at radius 3 is 1.83 bits per heavy atom. The molecule has 0 saturated carbocycles. The fourth-order valence-electron chi connectivity index (χ4n) is 1.99. The van der Waals surface area contributed by atoms with E-state index in [1.54, 1.807) is 0 Å². The van der Waals surface area contributed by atoms with Gasteiger partial charge in [0.2, 0.25) is 0 Å². The Balaban J connectivity index is 4.44. The summed E-state index contributed by atoms with van der Waals surface area (Å²) in [7, 11) is 0. The van der Waals surface area contributed by atoms with E-state index in [0.717, 1.165) is 0 Å². The first-order valence-corrected chi connectivity index (χ1v) is 7.35. The maximum Gasteiger partial charge on any atom is 0.335 e. The Kier molecular flexibility index (Phi) is 9.25. The fourth-order valence-corrected chi connectivity index (χ4v) is 1.99. The molecule has 136 valence electrons. The van der Waals surface area contributed by atoms with Gasteiger partial charge in [-0.2, -0.15) is 0 Å². The van der Waals surface area contributed by atoms with Crippen molar-refractivity contribution in [3.63, 3.8) is 0 Å². The van der Waals surface area contributed by atoms with Crippen molar-refractivity contribution in [1.82, 2.24) is 4.90 Å². The number of aliphatic carboxylic acids is 1. The Labute approximate surface area is 135 Å². The average Bonchev–Trinajstić information content (AvgIpc) is 2.46. The van der Waals surface area contributed by atoms with Gasteiger partial charge >= 0.3 is 11.9 Å². The first-order valence-electron chi connectivity index (χ1n) is 7.35. The quantitative estimate of drug-likeness (QED) is 0.290. The van der Waals surface area contributed by atoms with Crippen LogP contribution < -0.4 is 0 Å². The van der Waals surface area contributed by atoms with Gasteiger partial charge in [0.15, 0.2) is 6.10 Å². The fraction of sp³-hybridized carbons (Fsp3) is 0.857. The van der Waals surface area contributed by atoms with Crippen LogP contribution in [0.3, 0.4) is 0 Å². The molecule has 23 heavy (non-hydrogen) atoms. The molecule has 5 N–H and O–H groups in total. The number of carbonyl (C=O) groups excluding carboxylic acids is 1. The summed E-state index contributed by atoms with van der Waals surface area (Å²) in [6.45, 7) is 7.00. The molecule has 0 radical (unpaired) electrons. The summed E-state index contributed by atoms with van der Waals surface area (Å²) < 4.78 is 4.82. The number of hydrogen-bond donors (Lipinski definition) is 5. The lowest BCUT2D eigenvalue weighted by molar-refractivity contribution is -0.169. The van der Waals surface area contributed by atoms with Crippen molar-refractivity contribution in [3.05, 3.63) is 0 Å². The van der Waals surface area contributed by atoms with Crippen LogP contribution in [0.5, 0.6) is 0 Å². The highest BCUT2D eigenvalue weighted by Gasteiger charge is 2.35. The van der Waals surface area contributed by atoms with Gasteiger partial charge in [0.25, 0.3) is 0 Å². The van der Waals surface area contributed by atoms with Crippen LogP contribution in [0.25, 0.3) is 0 Å². The predicted octanol–water partition coefficient (Wildman–Crippen LogP) is -1.82. The second kappa shape index (κ2) is 9.78. The van der Waals surface area contributed by atoms with Crippen LogP contribution in [0, 0.1) is 0 Å². The zero-order chi connectivity index (χ0) is 18.3. The molecule has 0 heterocycles. The lowest BCUT2D eigenvalue weighted by atomic mass is 10.0. The third-order valence-electron chi connectivity index (χ3n) is 3.37. The highest BCUT2D eigenvalue weighted by Crippen LogP contribution is 2.08. The summed E-state index contributed by atoms with van der Waals surface area (Å²) in [4.78, 5) is 24.1. The zero-order valence-electron chi connectivity index (χ0n) is 13.8. The van der Waals surface area contributed by atoms with E-state index in [1.807, 2.05) is 32.6 Å². The minimum Gasteiger partial charge on any atom is -0.479 e. The van der Waals surface area contributed by atoms with Crippen molar-refractivity contribution in [2.75, 3.05) is 13.2 Å². The smallest absolute Gasteiger partial charge is 0.335 e. The number of aliphatic hydroxyl groups excluding tert-OH is 4. The molecule has 0 aliphatic heterocycles. The molecule has 0 amide bonds. The van der Waals surface area contributed by atoms with E-state index >= 15 is 0 Å². The van der Waals surface area contributed by atoms with Gasteiger partial charge in [-0.1, -0.05) is 0 Å². The number of ether oxygens (including phenoxy) is 1. The summed E-state index contributed by atoms with van der Waals surface area (Å²) in [5, 5.41) is 46.2. The van der Waals surface area contributed by atoms with Crippen LogP contribution in [-0.2, 0) is 14.3 Å². The molecule has 0 aromatic heterocycles. The van der Waals surface area contributed by atoms with Crippen molar-refractivity contribution < 1.29 is 39.9 Å². The predicted molar refractivity (Wildman–Crippen MR) is 79.6 cm³/mol. The number of aliphatic hydroxyl groups is 4. The second-order valence-electron chi connectivity index (χ2n) is 5.87. The first-order chi connectivity index (χ1) is 10.5. The Bertz CT molecular complexity index is 379. The maximum absolute atomic E-state index is 11.7. The van der Waals surface area contributed by atoms with Crippen LogP contribution in [0.2, 0.25) is 0 Å². The van der Waals surface area contributed by atoms with Gasteiger partial charge in [-0.25, -0.2) is 4.79 Å². The second-order valence-corrected chi connectivity index (χ2v) is 5.87. The number of carboxylic acid groups (broad SMARTS) is 1. The van der Waals surface area contributed by atoms with Gasteiger partial charge in [0.1, 0.15) is 24.9 Å². The molecule has 4 atom stereocenters. The number of esters is 1. The third kappa shape index (κ3) is 7.23. The molecular formula is C14H27NO8. The van der Waals surface area contributed by atoms with Crippen LogP contribution in [0.4, 0.5) is 0 Å². The minimum atomic E-state index is -2.26. The van der Waals surface area contributed by atoms with Gasteiger partial charge in [0, 0.05) is 12.1 Å². The topological polar surface area (TPSA) is 148 Å². The molecule has 0 aliphatic rings. The van der Waals surface area contributed by atoms with Crippen LogP contribution in [0.15, 0.2) is 0 Å². The molecule has 0 unspecified atom stereocenters. The van der Waals surface area contributed by atoms with Crippen LogP contribution in [-0.4, -0.2) is 92.0 Å². The normalized spacial score (nSPS) is 17.2. The monoisotopic (exact) mass is 337 g/mol. The molecule has 9 nitrogen and oxygen atoms in total. The average molecular weight is 337 g/mol. The van der Waals surface area contributed by atoms with Crippen molar-refractivity contribution in [1.29, 1.82) is 0 Å². The summed E-state index contributed by atoms with van der Waals surface area (Å²) in [6.07, 6.45) is -8.06. The zero-order valence-corrected chi connectivity index (χ0v) is 13.8. The lowest BCUT2D eigenvalue weighted by Gasteiger charge is -2.29. The van der Waals surface area contributed by atoms with Gasteiger partial charge in [-0.15, -0.1) is 0 Å². The third-order valence-corrected chi connectivity index (χ3v) is 3.37. The molecule has 0 aliphatic carbocycles. The van der Waals surface area contributed by atoms with E-state index < -0.39 is 43.0 Å². The highest BCUT2D eigenvalue weighted by molar-refractivity contribution is 5.73. The van der Waals surface area contributed by atoms with Gasteiger partial charge < -0.3 is 30.3 Å². The molecule has 0 spiro atoms. The van der Waals surface area contributed by atoms with E-state index in [0.29, 0.717) is 0 Å². The number of rotatable bonds is 10.